The zero-order chi connectivity index (χ0) is 18.1. The van der Waals surface area contributed by atoms with E-state index in [1.165, 1.54) is 0 Å². The molecule has 1 fully saturated rings. The van der Waals surface area contributed by atoms with Gasteiger partial charge in [-0.05, 0) is 38.8 Å². The van der Waals surface area contributed by atoms with Gasteiger partial charge >= 0.3 is 0 Å². The second-order valence-electron chi connectivity index (χ2n) is 6.84. The van der Waals surface area contributed by atoms with Gasteiger partial charge in [-0.1, -0.05) is 6.07 Å². The molecule has 1 aliphatic rings. The molecule has 0 amide bonds. The van der Waals surface area contributed by atoms with Crippen molar-refractivity contribution in [3.63, 3.8) is 0 Å². The summed E-state index contributed by atoms with van der Waals surface area (Å²) in [5.41, 5.74) is 2.82. The minimum Gasteiger partial charge on any atom is -0.370 e. The Labute approximate surface area is 153 Å². The van der Waals surface area contributed by atoms with Crippen molar-refractivity contribution in [1.29, 1.82) is 0 Å². The molecule has 4 rings (SSSR count). The van der Waals surface area contributed by atoms with E-state index < -0.39 is 0 Å². The number of hydrogen-bond acceptors (Lipinski definition) is 6. The third-order valence-electron chi connectivity index (χ3n) is 4.82. The number of aromatic nitrogens is 5. The summed E-state index contributed by atoms with van der Waals surface area (Å²) in [6, 6.07) is 5.91. The van der Waals surface area contributed by atoms with Crippen LogP contribution in [0.25, 0.3) is 11.0 Å². The van der Waals surface area contributed by atoms with Gasteiger partial charge in [0.05, 0.1) is 29.5 Å². The Hall–Kier alpha value is -2.54. The monoisotopic (exact) mass is 352 g/mol. The van der Waals surface area contributed by atoms with E-state index in [0.717, 1.165) is 60.0 Å². The normalized spacial score (nSPS) is 17.8. The van der Waals surface area contributed by atoms with Crippen LogP contribution >= 0.6 is 0 Å². The van der Waals surface area contributed by atoms with Gasteiger partial charge < -0.3 is 9.64 Å². The van der Waals surface area contributed by atoms with E-state index >= 15 is 0 Å². The molecule has 0 unspecified atom stereocenters. The van der Waals surface area contributed by atoms with Gasteiger partial charge in [-0.25, -0.2) is 9.97 Å². The Balaban J connectivity index is 1.55. The Morgan fingerprint density at radius 1 is 1.23 bits per heavy atom. The van der Waals surface area contributed by atoms with Crippen LogP contribution in [0.3, 0.4) is 0 Å². The maximum Gasteiger partial charge on any atom is 0.163 e. The smallest absolute Gasteiger partial charge is 0.163 e. The Morgan fingerprint density at radius 2 is 2.12 bits per heavy atom. The third kappa shape index (κ3) is 3.26. The molecule has 0 saturated carbocycles. The van der Waals surface area contributed by atoms with Gasteiger partial charge in [0.15, 0.2) is 5.65 Å². The first-order valence-electron chi connectivity index (χ1n) is 9.06. The van der Waals surface area contributed by atoms with E-state index in [4.69, 9.17) is 9.72 Å². The average molecular weight is 352 g/mol. The molecule has 3 aromatic rings. The largest absolute Gasteiger partial charge is 0.370 e. The van der Waals surface area contributed by atoms with E-state index in [0.29, 0.717) is 6.61 Å². The molecule has 0 N–H and O–H groups in total. The minimum absolute atomic E-state index is 0.174. The number of nitrogens with zero attached hydrogens (tertiary/aromatic N) is 6. The van der Waals surface area contributed by atoms with Crippen LogP contribution in [0.4, 0.5) is 5.82 Å². The van der Waals surface area contributed by atoms with Gasteiger partial charge in [0.2, 0.25) is 0 Å². The van der Waals surface area contributed by atoms with Crippen LogP contribution in [0.1, 0.15) is 30.1 Å². The first-order chi connectivity index (χ1) is 12.6. The zero-order valence-electron chi connectivity index (χ0n) is 15.5. The predicted molar refractivity (Wildman–Crippen MR) is 100 cm³/mol. The summed E-state index contributed by atoms with van der Waals surface area (Å²) < 4.78 is 7.97. The number of pyridine rings is 1. The summed E-state index contributed by atoms with van der Waals surface area (Å²) in [6.07, 6.45) is 4.12. The molecular formula is C19H24N6O. The minimum atomic E-state index is 0.174. The highest BCUT2D eigenvalue weighted by Gasteiger charge is 2.25. The van der Waals surface area contributed by atoms with Crippen LogP contribution < -0.4 is 4.90 Å². The molecular weight excluding hydrogens is 328 g/mol. The van der Waals surface area contributed by atoms with Crippen LogP contribution in [0.2, 0.25) is 0 Å². The maximum atomic E-state index is 6.13. The topological polar surface area (TPSA) is 69.0 Å². The Morgan fingerprint density at radius 3 is 2.92 bits per heavy atom. The summed E-state index contributed by atoms with van der Waals surface area (Å²) in [6.45, 7) is 6.30. The molecule has 7 heteroatoms. The van der Waals surface area contributed by atoms with Gasteiger partial charge in [0.1, 0.15) is 11.6 Å². The van der Waals surface area contributed by atoms with Crippen molar-refractivity contribution in [1.82, 2.24) is 24.7 Å². The fourth-order valence-electron chi connectivity index (χ4n) is 3.61. The highest BCUT2D eigenvalue weighted by Crippen LogP contribution is 2.29. The van der Waals surface area contributed by atoms with Crippen molar-refractivity contribution in [3.05, 3.63) is 41.6 Å². The number of hydrogen-bond donors (Lipinski definition) is 0. The molecule has 1 atom stereocenters. The quantitative estimate of drug-likeness (QED) is 0.719. The summed E-state index contributed by atoms with van der Waals surface area (Å²) >= 11 is 0. The number of ether oxygens (including phenoxy) is 1. The van der Waals surface area contributed by atoms with E-state index in [2.05, 4.69) is 20.0 Å². The Kier molecular flexibility index (Phi) is 4.55. The SMILES string of the molecule is Cc1nc(N2CCC[C@H](OCc3ccccn3)C2)c2c(C)nn(C)c2n1. The maximum absolute atomic E-state index is 6.13. The first-order valence-corrected chi connectivity index (χ1v) is 9.06. The summed E-state index contributed by atoms with van der Waals surface area (Å²) in [5.74, 6) is 1.75. The lowest BCUT2D eigenvalue weighted by Gasteiger charge is -2.33. The van der Waals surface area contributed by atoms with E-state index in [1.54, 1.807) is 6.20 Å². The van der Waals surface area contributed by atoms with Gasteiger partial charge in [-0.15, -0.1) is 0 Å². The molecule has 4 heterocycles. The first kappa shape index (κ1) is 16.9. The van der Waals surface area contributed by atoms with Crippen LogP contribution in [0, 0.1) is 13.8 Å². The lowest BCUT2D eigenvalue weighted by Crippen LogP contribution is -2.40. The standard InChI is InChI=1S/C19H24N6O/c1-13-17-18(24(3)23-13)21-14(2)22-19(17)25-10-6-8-16(11-25)26-12-15-7-4-5-9-20-15/h4-5,7,9,16H,6,8,10-12H2,1-3H3/t16-/m0/s1. The molecule has 0 aromatic carbocycles. The number of aryl methyl sites for hydroxylation is 3. The molecule has 7 nitrogen and oxygen atoms in total. The predicted octanol–water partition coefficient (Wildman–Crippen LogP) is 2.56. The zero-order valence-corrected chi connectivity index (χ0v) is 15.5. The van der Waals surface area contributed by atoms with Gasteiger partial charge in [-0.2, -0.15) is 5.10 Å². The summed E-state index contributed by atoms with van der Waals surface area (Å²) in [4.78, 5) is 16.0. The number of anilines is 1. The number of rotatable bonds is 4. The fraction of sp³-hybridized carbons (Fsp3) is 0.474. The summed E-state index contributed by atoms with van der Waals surface area (Å²) in [7, 11) is 1.93. The molecule has 0 bridgehead atoms. The van der Waals surface area contributed by atoms with Crippen molar-refractivity contribution in [2.75, 3.05) is 18.0 Å². The van der Waals surface area contributed by atoms with E-state index in [9.17, 15) is 0 Å². The van der Waals surface area contributed by atoms with Gasteiger partial charge in [0.25, 0.3) is 0 Å². The van der Waals surface area contributed by atoms with Crippen molar-refractivity contribution >= 4 is 16.9 Å². The molecule has 0 aliphatic carbocycles. The summed E-state index contributed by atoms with van der Waals surface area (Å²) in [5, 5.41) is 5.57. The van der Waals surface area contributed by atoms with Crippen molar-refractivity contribution in [3.8, 4) is 0 Å². The van der Waals surface area contributed by atoms with Gasteiger partial charge in [-0.3, -0.25) is 9.67 Å². The van der Waals surface area contributed by atoms with Crippen LogP contribution in [-0.2, 0) is 18.4 Å². The highest BCUT2D eigenvalue weighted by atomic mass is 16.5. The van der Waals surface area contributed by atoms with Crippen LogP contribution in [0.5, 0.6) is 0 Å². The molecule has 1 saturated heterocycles. The molecule has 0 spiro atoms. The third-order valence-corrected chi connectivity index (χ3v) is 4.82. The average Bonchev–Trinajstić information content (AvgIpc) is 2.94. The molecule has 136 valence electrons. The number of piperidine rings is 1. The molecule has 0 radical (unpaired) electrons. The second kappa shape index (κ2) is 6.99. The molecule has 26 heavy (non-hydrogen) atoms. The molecule has 1 aliphatic heterocycles. The van der Waals surface area contributed by atoms with Crippen molar-refractivity contribution < 1.29 is 4.74 Å². The van der Waals surface area contributed by atoms with Gasteiger partial charge in [0, 0.05) is 26.3 Å². The van der Waals surface area contributed by atoms with E-state index in [1.807, 2.05) is 43.8 Å². The highest BCUT2D eigenvalue weighted by molar-refractivity contribution is 5.90. The van der Waals surface area contributed by atoms with Crippen molar-refractivity contribution in [2.24, 2.45) is 7.05 Å². The van der Waals surface area contributed by atoms with E-state index in [-0.39, 0.29) is 6.10 Å². The second-order valence-corrected chi connectivity index (χ2v) is 6.84. The lowest BCUT2D eigenvalue weighted by molar-refractivity contribution is 0.0297. The van der Waals surface area contributed by atoms with Crippen LogP contribution in [0.15, 0.2) is 24.4 Å². The van der Waals surface area contributed by atoms with Crippen LogP contribution in [-0.4, -0.2) is 43.9 Å². The number of fused-ring (bicyclic) bond motifs is 1. The molecule has 3 aromatic heterocycles. The lowest BCUT2D eigenvalue weighted by atomic mass is 10.1. The van der Waals surface area contributed by atoms with Crippen molar-refractivity contribution in [2.45, 2.75) is 39.4 Å². The fourth-order valence-corrected chi connectivity index (χ4v) is 3.61. The Bertz CT molecular complexity index is 907.